The molecular weight excluding hydrogens is 549 g/mol. The molecule has 12 heteroatoms. The number of sulfonamides is 1. The Morgan fingerprint density at radius 1 is 1.17 bits per heavy atom. The zero-order valence-corrected chi connectivity index (χ0v) is 23.0. The van der Waals surface area contributed by atoms with E-state index in [0.717, 1.165) is 40.0 Å². The molecular formula is C23H25Cl2N3O4S3. The van der Waals surface area contributed by atoms with E-state index >= 15 is 0 Å². The number of aryl methyl sites for hydroxylation is 1. The first-order valence-electron chi connectivity index (χ1n) is 11.5. The summed E-state index contributed by atoms with van der Waals surface area (Å²) in [7, 11) is -3.61. The molecule has 7 nitrogen and oxygen atoms in total. The topological polar surface area (TPSA) is 79.8 Å². The highest BCUT2D eigenvalue weighted by Crippen LogP contribution is 2.36. The van der Waals surface area contributed by atoms with Crippen molar-refractivity contribution in [2.75, 3.05) is 31.1 Å². The molecule has 1 unspecified atom stereocenters. The van der Waals surface area contributed by atoms with E-state index in [9.17, 15) is 13.2 Å². The SMILES string of the molecule is Cc1c(Cl)ccc2sc(N(CC3CCCO3)C(=O)C3CCN(S(=O)(=O)c4ccc(Cl)s4)CC3)nc12. The molecule has 0 bridgehead atoms. The summed E-state index contributed by atoms with van der Waals surface area (Å²) in [5.74, 6) is -0.314. The smallest absolute Gasteiger partial charge is 0.252 e. The van der Waals surface area contributed by atoms with E-state index in [-0.39, 0.29) is 35.2 Å². The van der Waals surface area contributed by atoms with Crippen molar-refractivity contribution in [1.82, 2.24) is 9.29 Å². The second-order valence-electron chi connectivity index (χ2n) is 8.84. The average Bonchev–Trinajstić information content (AvgIpc) is 3.61. The van der Waals surface area contributed by atoms with Gasteiger partial charge >= 0.3 is 0 Å². The number of thiazole rings is 1. The molecule has 3 aromatic rings. The summed E-state index contributed by atoms with van der Waals surface area (Å²) < 4.78 is 34.9. The number of benzene rings is 1. The monoisotopic (exact) mass is 573 g/mol. The van der Waals surface area contributed by atoms with E-state index in [4.69, 9.17) is 32.9 Å². The quantitative estimate of drug-likeness (QED) is 0.384. The highest BCUT2D eigenvalue weighted by atomic mass is 35.5. The number of aromatic nitrogens is 1. The number of hydrogen-bond donors (Lipinski definition) is 0. The molecule has 0 radical (unpaired) electrons. The van der Waals surface area contributed by atoms with Gasteiger partial charge in [-0.15, -0.1) is 11.3 Å². The highest BCUT2D eigenvalue weighted by molar-refractivity contribution is 7.91. The Kier molecular flexibility index (Phi) is 7.43. The van der Waals surface area contributed by atoms with Crippen LogP contribution < -0.4 is 4.90 Å². The van der Waals surface area contributed by atoms with Crippen LogP contribution in [0.3, 0.4) is 0 Å². The van der Waals surface area contributed by atoms with Gasteiger partial charge in [0.2, 0.25) is 5.91 Å². The Labute approximate surface area is 222 Å². The maximum atomic E-state index is 13.8. The number of rotatable bonds is 6. The third-order valence-electron chi connectivity index (χ3n) is 6.59. The van der Waals surface area contributed by atoms with E-state index < -0.39 is 10.0 Å². The number of nitrogens with zero attached hydrogens (tertiary/aromatic N) is 3. The van der Waals surface area contributed by atoms with Crippen molar-refractivity contribution in [1.29, 1.82) is 0 Å². The molecule has 2 fully saturated rings. The molecule has 5 rings (SSSR count). The fourth-order valence-corrected chi connectivity index (χ4v) is 8.88. The lowest BCUT2D eigenvalue weighted by atomic mass is 9.96. The molecule has 0 aliphatic carbocycles. The number of anilines is 1. The molecule has 1 atom stereocenters. The largest absolute Gasteiger partial charge is 0.376 e. The van der Waals surface area contributed by atoms with Gasteiger partial charge < -0.3 is 4.74 Å². The number of thiophene rings is 1. The molecule has 0 spiro atoms. The van der Waals surface area contributed by atoms with Gasteiger partial charge in [-0.2, -0.15) is 4.31 Å². The zero-order valence-electron chi connectivity index (χ0n) is 19.1. The fourth-order valence-electron chi connectivity index (χ4n) is 4.59. The van der Waals surface area contributed by atoms with Crippen molar-refractivity contribution in [3.05, 3.63) is 39.2 Å². The molecule has 2 saturated heterocycles. The van der Waals surface area contributed by atoms with Gasteiger partial charge in [0.1, 0.15) is 4.21 Å². The van der Waals surface area contributed by atoms with Crippen molar-refractivity contribution < 1.29 is 17.9 Å². The van der Waals surface area contributed by atoms with E-state index in [1.165, 1.54) is 21.7 Å². The van der Waals surface area contributed by atoms with Gasteiger partial charge in [-0.3, -0.25) is 9.69 Å². The number of piperidine rings is 1. The van der Waals surface area contributed by atoms with Crippen LogP contribution in [0.25, 0.3) is 10.2 Å². The number of hydrogen-bond acceptors (Lipinski definition) is 7. The first-order chi connectivity index (χ1) is 16.7. The normalized spacial score (nSPS) is 20.0. The molecule has 2 aliphatic heterocycles. The van der Waals surface area contributed by atoms with Gasteiger partial charge in [-0.05, 0) is 62.4 Å². The summed E-state index contributed by atoms with van der Waals surface area (Å²) in [4.78, 5) is 20.3. The minimum Gasteiger partial charge on any atom is -0.376 e. The van der Waals surface area contributed by atoms with Gasteiger partial charge in [0, 0.05) is 30.6 Å². The highest BCUT2D eigenvalue weighted by Gasteiger charge is 2.36. The van der Waals surface area contributed by atoms with Crippen LogP contribution >= 0.6 is 45.9 Å². The van der Waals surface area contributed by atoms with Gasteiger partial charge in [0.25, 0.3) is 10.0 Å². The van der Waals surface area contributed by atoms with Crippen molar-refractivity contribution >= 4 is 77.2 Å². The Morgan fingerprint density at radius 2 is 1.94 bits per heavy atom. The van der Waals surface area contributed by atoms with Crippen molar-refractivity contribution in [3.8, 4) is 0 Å². The Bertz CT molecular complexity index is 1340. The second kappa shape index (κ2) is 10.2. The van der Waals surface area contributed by atoms with E-state index in [2.05, 4.69) is 0 Å². The maximum Gasteiger partial charge on any atom is 0.252 e. The third-order valence-corrected chi connectivity index (χ3v) is 11.6. The lowest BCUT2D eigenvalue weighted by Gasteiger charge is -2.33. The number of ether oxygens (including phenoxy) is 1. The average molecular weight is 575 g/mol. The molecule has 35 heavy (non-hydrogen) atoms. The zero-order chi connectivity index (χ0) is 24.7. The van der Waals surface area contributed by atoms with Crippen LogP contribution in [0.15, 0.2) is 28.5 Å². The standard InChI is InChI=1S/C23H25Cl2N3O4S3/c1-14-17(24)4-5-18-21(14)26-23(33-18)28(13-16-3-2-12-32-16)22(29)15-8-10-27(11-9-15)35(30,31)20-7-6-19(25)34-20/h4-7,15-16H,2-3,8-13H2,1H3. The predicted octanol–water partition coefficient (Wildman–Crippen LogP) is 5.59. The maximum absolute atomic E-state index is 13.8. The minimum atomic E-state index is -3.61. The summed E-state index contributed by atoms with van der Waals surface area (Å²) >= 11 is 14.8. The summed E-state index contributed by atoms with van der Waals surface area (Å²) in [6.45, 7) is 3.65. The molecule has 188 valence electrons. The molecule has 1 amide bonds. The predicted molar refractivity (Wildman–Crippen MR) is 142 cm³/mol. The van der Waals surface area contributed by atoms with Crippen molar-refractivity contribution in [3.63, 3.8) is 0 Å². The van der Waals surface area contributed by atoms with E-state index in [0.29, 0.717) is 40.5 Å². The summed E-state index contributed by atoms with van der Waals surface area (Å²) in [5.41, 5.74) is 1.70. The summed E-state index contributed by atoms with van der Waals surface area (Å²) in [6, 6.07) is 6.90. The van der Waals surface area contributed by atoms with Crippen LogP contribution in [0, 0.1) is 12.8 Å². The van der Waals surface area contributed by atoms with Crippen LogP contribution in [0.1, 0.15) is 31.2 Å². The number of halogens is 2. The van der Waals surface area contributed by atoms with Crippen LogP contribution in [0.5, 0.6) is 0 Å². The number of carbonyl (C=O) groups is 1. The molecule has 2 aliphatic rings. The van der Waals surface area contributed by atoms with Gasteiger partial charge in [-0.1, -0.05) is 34.5 Å². The Hall–Kier alpha value is -1.27. The van der Waals surface area contributed by atoms with E-state index in [1.54, 1.807) is 11.0 Å². The van der Waals surface area contributed by atoms with Gasteiger partial charge in [0.05, 0.1) is 27.2 Å². The lowest BCUT2D eigenvalue weighted by Crippen LogP contribution is -2.46. The van der Waals surface area contributed by atoms with Gasteiger partial charge in [0.15, 0.2) is 5.13 Å². The summed E-state index contributed by atoms with van der Waals surface area (Å²) in [5, 5.41) is 1.28. The third kappa shape index (κ3) is 5.12. The Morgan fingerprint density at radius 3 is 2.60 bits per heavy atom. The Balaban J connectivity index is 1.36. The fraction of sp³-hybridized carbons (Fsp3) is 0.478. The summed E-state index contributed by atoms with van der Waals surface area (Å²) in [6.07, 6.45) is 2.76. The molecule has 1 aromatic carbocycles. The van der Waals surface area contributed by atoms with Crippen molar-refractivity contribution in [2.24, 2.45) is 5.92 Å². The lowest BCUT2D eigenvalue weighted by molar-refractivity contribution is -0.123. The van der Waals surface area contributed by atoms with Gasteiger partial charge in [-0.25, -0.2) is 13.4 Å². The molecule has 0 N–H and O–H groups in total. The van der Waals surface area contributed by atoms with Crippen molar-refractivity contribution in [2.45, 2.75) is 42.9 Å². The first kappa shape index (κ1) is 25.4. The van der Waals surface area contributed by atoms with Crippen LogP contribution in [-0.2, 0) is 19.6 Å². The first-order valence-corrected chi connectivity index (χ1v) is 15.3. The van der Waals surface area contributed by atoms with E-state index in [1.807, 2.05) is 19.1 Å². The molecule has 0 saturated carbocycles. The molecule has 2 aromatic heterocycles. The second-order valence-corrected chi connectivity index (χ2v) is 14.1. The molecule has 4 heterocycles. The van der Waals surface area contributed by atoms with Crippen LogP contribution in [0.2, 0.25) is 9.36 Å². The number of fused-ring (bicyclic) bond motifs is 1. The number of carbonyl (C=O) groups excluding carboxylic acids is 1. The van der Waals surface area contributed by atoms with Crippen LogP contribution in [-0.4, -0.2) is 56.0 Å². The minimum absolute atomic E-state index is 0.0281. The number of amides is 1. The van der Waals surface area contributed by atoms with Crippen LogP contribution in [0.4, 0.5) is 5.13 Å².